The van der Waals surface area contributed by atoms with Crippen molar-refractivity contribution in [1.29, 1.82) is 0 Å². The van der Waals surface area contributed by atoms with Crippen molar-refractivity contribution in [3.05, 3.63) is 59.8 Å². The van der Waals surface area contributed by atoms with E-state index in [1.807, 2.05) is 36.4 Å². The highest BCUT2D eigenvalue weighted by Gasteiger charge is 2.14. The molecule has 0 saturated heterocycles. The molecular formula is C16H18N2O. The zero-order valence-corrected chi connectivity index (χ0v) is 11.3. The summed E-state index contributed by atoms with van der Waals surface area (Å²) < 4.78 is 0. The fourth-order valence-corrected chi connectivity index (χ4v) is 1.78. The van der Waals surface area contributed by atoms with E-state index < -0.39 is 0 Å². The van der Waals surface area contributed by atoms with Gasteiger partial charge in [0.05, 0.1) is 5.56 Å². The van der Waals surface area contributed by atoms with Crippen molar-refractivity contribution in [3.8, 4) is 0 Å². The quantitative estimate of drug-likeness (QED) is 0.830. The molecule has 0 aliphatic rings. The summed E-state index contributed by atoms with van der Waals surface area (Å²) >= 11 is 0. The van der Waals surface area contributed by atoms with E-state index in [0.717, 1.165) is 6.42 Å². The molecule has 2 rings (SSSR count). The van der Waals surface area contributed by atoms with Crippen LogP contribution in [0.5, 0.6) is 0 Å². The number of pyridine rings is 1. The summed E-state index contributed by atoms with van der Waals surface area (Å²) in [6, 6.07) is 13.2. The Morgan fingerprint density at radius 1 is 1.21 bits per heavy atom. The predicted molar refractivity (Wildman–Crippen MR) is 77.5 cm³/mol. The maximum absolute atomic E-state index is 12.5. The number of nitrogens with one attached hydrogen (secondary N) is 1. The molecule has 19 heavy (non-hydrogen) atoms. The third-order valence-corrected chi connectivity index (χ3v) is 3.08. The number of hydrogen-bond donors (Lipinski definition) is 1. The van der Waals surface area contributed by atoms with Gasteiger partial charge in [0.15, 0.2) is 5.78 Å². The van der Waals surface area contributed by atoms with Gasteiger partial charge >= 0.3 is 0 Å². The normalized spacial score (nSPS) is 11.9. The molecule has 0 bridgehead atoms. The molecule has 1 aromatic carbocycles. The van der Waals surface area contributed by atoms with E-state index in [0.29, 0.717) is 16.9 Å². The molecule has 2 aromatic rings. The van der Waals surface area contributed by atoms with Crippen molar-refractivity contribution in [2.45, 2.75) is 26.3 Å². The average Bonchev–Trinajstić information content (AvgIpc) is 2.48. The van der Waals surface area contributed by atoms with Crippen molar-refractivity contribution in [1.82, 2.24) is 4.98 Å². The Kier molecular flexibility index (Phi) is 4.29. The van der Waals surface area contributed by atoms with Crippen molar-refractivity contribution < 1.29 is 4.79 Å². The first-order valence-electron chi connectivity index (χ1n) is 6.53. The zero-order chi connectivity index (χ0) is 13.7. The molecule has 3 nitrogen and oxygen atoms in total. The second-order valence-electron chi connectivity index (χ2n) is 4.55. The number of rotatable bonds is 5. The molecule has 1 atom stereocenters. The zero-order valence-electron chi connectivity index (χ0n) is 11.3. The van der Waals surface area contributed by atoms with Crippen molar-refractivity contribution in [3.63, 3.8) is 0 Å². The lowest BCUT2D eigenvalue weighted by atomic mass is 10.0. The molecule has 1 unspecified atom stereocenters. The highest BCUT2D eigenvalue weighted by molar-refractivity contribution is 6.11. The lowest BCUT2D eigenvalue weighted by Gasteiger charge is -2.14. The number of carbonyl (C=O) groups is 1. The van der Waals surface area contributed by atoms with E-state index in [1.165, 1.54) is 0 Å². The van der Waals surface area contributed by atoms with Crippen molar-refractivity contribution in [2.24, 2.45) is 0 Å². The van der Waals surface area contributed by atoms with Crippen molar-refractivity contribution in [2.75, 3.05) is 5.32 Å². The minimum Gasteiger partial charge on any atom is -0.367 e. The number of benzene rings is 1. The van der Waals surface area contributed by atoms with Crippen LogP contribution < -0.4 is 5.32 Å². The van der Waals surface area contributed by atoms with Crippen LogP contribution in [-0.4, -0.2) is 16.8 Å². The molecule has 0 aliphatic heterocycles. The standard InChI is InChI=1S/C16H18N2O/c1-3-12(2)18-16-14(10-7-11-17-16)15(19)13-8-5-4-6-9-13/h4-12H,3H2,1-2H3,(H,17,18). The molecule has 0 amide bonds. The van der Waals surface area contributed by atoms with Gasteiger partial charge in [0.2, 0.25) is 0 Å². The monoisotopic (exact) mass is 254 g/mol. The molecule has 98 valence electrons. The Balaban J connectivity index is 2.32. The molecule has 0 fully saturated rings. The molecule has 3 heteroatoms. The lowest BCUT2D eigenvalue weighted by Crippen LogP contribution is -2.17. The second-order valence-corrected chi connectivity index (χ2v) is 4.55. The van der Waals surface area contributed by atoms with Crippen LogP contribution in [0.1, 0.15) is 36.2 Å². The molecule has 0 saturated carbocycles. The Hall–Kier alpha value is -2.16. The van der Waals surface area contributed by atoms with E-state index in [9.17, 15) is 4.79 Å². The summed E-state index contributed by atoms with van der Waals surface area (Å²) in [4.78, 5) is 16.7. The van der Waals surface area contributed by atoms with E-state index in [-0.39, 0.29) is 11.8 Å². The third-order valence-electron chi connectivity index (χ3n) is 3.08. The van der Waals surface area contributed by atoms with Gasteiger partial charge < -0.3 is 5.32 Å². The number of ketones is 1. The summed E-state index contributed by atoms with van der Waals surface area (Å²) in [7, 11) is 0. The van der Waals surface area contributed by atoms with Crippen molar-refractivity contribution >= 4 is 11.6 Å². The maximum Gasteiger partial charge on any atom is 0.196 e. The third kappa shape index (κ3) is 3.19. The van der Waals surface area contributed by atoms with Gasteiger partial charge in [-0.1, -0.05) is 37.3 Å². The predicted octanol–water partition coefficient (Wildman–Crippen LogP) is 3.52. The van der Waals surface area contributed by atoms with Crippen LogP contribution in [0.3, 0.4) is 0 Å². The van der Waals surface area contributed by atoms with Gasteiger partial charge in [-0.15, -0.1) is 0 Å². The van der Waals surface area contributed by atoms with Crippen LogP contribution in [0, 0.1) is 0 Å². The number of carbonyl (C=O) groups excluding carboxylic acids is 1. The van der Waals surface area contributed by atoms with Gasteiger partial charge in [0.1, 0.15) is 5.82 Å². The van der Waals surface area contributed by atoms with Crippen LogP contribution >= 0.6 is 0 Å². The number of anilines is 1. The van der Waals surface area contributed by atoms with Crippen LogP contribution in [0.25, 0.3) is 0 Å². The van der Waals surface area contributed by atoms with Crippen LogP contribution in [0.15, 0.2) is 48.7 Å². The van der Waals surface area contributed by atoms with Gasteiger partial charge in [0, 0.05) is 17.8 Å². The maximum atomic E-state index is 12.5. The fourth-order valence-electron chi connectivity index (χ4n) is 1.78. The highest BCUT2D eigenvalue weighted by atomic mass is 16.1. The summed E-state index contributed by atoms with van der Waals surface area (Å²) in [6.07, 6.45) is 2.68. The number of aromatic nitrogens is 1. The average molecular weight is 254 g/mol. The first-order chi connectivity index (χ1) is 9.22. The van der Waals surface area contributed by atoms with Gasteiger partial charge in [-0.3, -0.25) is 4.79 Å². The molecule has 1 N–H and O–H groups in total. The Morgan fingerprint density at radius 2 is 1.95 bits per heavy atom. The summed E-state index contributed by atoms with van der Waals surface area (Å²) in [5.74, 6) is 0.658. The fraction of sp³-hybridized carbons (Fsp3) is 0.250. The summed E-state index contributed by atoms with van der Waals surface area (Å²) in [6.45, 7) is 4.17. The lowest BCUT2D eigenvalue weighted by molar-refractivity contribution is 0.103. The highest BCUT2D eigenvalue weighted by Crippen LogP contribution is 2.17. The number of hydrogen-bond acceptors (Lipinski definition) is 3. The van der Waals surface area contributed by atoms with Gasteiger partial charge in [0.25, 0.3) is 0 Å². The minimum absolute atomic E-state index is 0.000460. The molecule has 0 spiro atoms. The molecule has 1 heterocycles. The first kappa shape index (κ1) is 13.3. The summed E-state index contributed by atoms with van der Waals surface area (Å²) in [5.41, 5.74) is 1.30. The Morgan fingerprint density at radius 3 is 2.63 bits per heavy atom. The summed E-state index contributed by atoms with van der Waals surface area (Å²) in [5, 5.41) is 3.28. The smallest absolute Gasteiger partial charge is 0.196 e. The SMILES string of the molecule is CCC(C)Nc1ncccc1C(=O)c1ccccc1. The van der Waals surface area contributed by atoms with Crippen LogP contribution in [0.4, 0.5) is 5.82 Å². The molecular weight excluding hydrogens is 236 g/mol. The largest absolute Gasteiger partial charge is 0.367 e. The first-order valence-corrected chi connectivity index (χ1v) is 6.53. The van der Waals surface area contributed by atoms with E-state index in [2.05, 4.69) is 24.1 Å². The van der Waals surface area contributed by atoms with Gasteiger partial charge in [-0.25, -0.2) is 4.98 Å². The van der Waals surface area contributed by atoms with E-state index in [1.54, 1.807) is 12.3 Å². The van der Waals surface area contributed by atoms with Crippen LogP contribution in [0.2, 0.25) is 0 Å². The molecule has 0 radical (unpaired) electrons. The molecule has 0 aliphatic carbocycles. The Labute approximate surface area is 113 Å². The van der Waals surface area contributed by atoms with Gasteiger partial charge in [-0.2, -0.15) is 0 Å². The van der Waals surface area contributed by atoms with E-state index in [4.69, 9.17) is 0 Å². The minimum atomic E-state index is -0.000460. The Bertz CT molecular complexity index is 552. The second kappa shape index (κ2) is 6.14. The van der Waals surface area contributed by atoms with Crippen LogP contribution in [-0.2, 0) is 0 Å². The van der Waals surface area contributed by atoms with E-state index >= 15 is 0 Å². The number of nitrogens with zero attached hydrogens (tertiary/aromatic N) is 1. The van der Waals surface area contributed by atoms with Gasteiger partial charge in [-0.05, 0) is 25.5 Å². The topological polar surface area (TPSA) is 42.0 Å². The molecule has 1 aromatic heterocycles.